The fourth-order valence-corrected chi connectivity index (χ4v) is 4.19. The van der Waals surface area contributed by atoms with Gasteiger partial charge in [0.1, 0.15) is 4.90 Å². The summed E-state index contributed by atoms with van der Waals surface area (Å²) in [4.78, 5) is 10.1. The van der Waals surface area contributed by atoms with Crippen molar-refractivity contribution in [1.29, 1.82) is 0 Å². The highest BCUT2D eigenvalue weighted by molar-refractivity contribution is 7.92. The van der Waals surface area contributed by atoms with Crippen LogP contribution in [0.1, 0.15) is 5.56 Å². The summed E-state index contributed by atoms with van der Waals surface area (Å²) in [7, 11) is -1.50. The first kappa shape index (κ1) is 24.6. The van der Waals surface area contributed by atoms with Gasteiger partial charge in [0.05, 0.1) is 31.0 Å². The topological polar surface area (TPSA) is 152 Å². The van der Waals surface area contributed by atoms with Gasteiger partial charge in [-0.25, -0.2) is 8.42 Å². The molecule has 0 spiro atoms. The van der Waals surface area contributed by atoms with E-state index in [1.807, 2.05) is 0 Å². The zero-order valence-corrected chi connectivity index (χ0v) is 19.4. The van der Waals surface area contributed by atoms with Gasteiger partial charge in [0.2, 0.25) is 5.75 Å². The molecule has 3 aromatic rings. The van der Waals surface area contributed by atoms with Crippen LogP contribution < -0.4 is 19.6 Å². The molecular formula is C21H19ClN4O7S. The summed E-state index contributed by atoms with van der Waals surface area (Å²) in [6.45, 7) is 0. The molecule has 3 rings (SSSR count). The highest BCUT2D eigenvalue weighted by atomic mass is 35.5. The van der Waals surface area contributed by atoms with Gasteiger partial charge in [0.25, 0.3) is 15.7 Å². The lowest BCUT2D eigenvalue weighted by molar-refractivity contribution is -0.385. The monoisotopic (exact) mass is 506 g/mol. The van der Waals surface area contributed by atoms with E-state index >= 15 is 0 Å². The van der Waals surface area contributed by atoms with Crippen molar-refractivity contribution in [3.63, 3.8) is 0 Å². The molecule has 0 atom stereocenters. The number of rotatable bonds is 9. The van der Waals surface area contributed by atoms with Crippen molar-refractivity contribution >= 4 is 44.9 Å². The van der Waals surface area contributed by atoms with E-state index in [0.29, 0.717) is 10.6 Å². The van der Waals surface area contributed by atoms with Gasteiger partial charge < -0.3 is 14.6 Å². The Kier molecular flexibility index (Phi) is 7.44. The molecule has 3 aromatic carbocycles. The lowest BCUT2D eigenvalue weighted by Crippen LogP contribution is -2.15. The second kappa shape index (κ2) is 10.3. The van der Waals surface area contributed by atoms with Crippen LogP contribution in [0.25, 0.3) is 0 Å². The molecular weight excluding hydrogens is 488 g/mol. The first-order valence-corrected chi connectivity index (χ1v) is 11.3. The van der Waals surface area contributed by atoms with Gasteiger partial charge in [0.15, 0.2) is 11.5 Å². The number of nitrogens with zero attached hydrogens (tertiary/aromatic N) is 2. The summed E-state index contributed by atoms with van der Waals surface area (Å²) in [5.74, 6) is 0.102. The van der Waals surface area contributed by atoms with Gasteiger partial charge >= 0.3 is 0 Å². The number of methoxy groups -OCH3 is 2. The van der Waals surface area contributed by atoms with Gasteiger partial charge in [-0.1, -0.05) is 11.6 Å². The number of hydrazone groups is 1. The number of phenols is 1. The average Bonchev–Trinajstić information content (AvgIpc) is 2.81. The average molecular weight is 507 g/mol. The molecule has 11 nitrogen and oxygen atoms in total. The van der Waals surface area contributed by atoms with Gasteiger partial charge in [-0.2, -0.15) is 5.10 Å². The number of nitro groups is 1. The van der Waals surface area contributed by atoms with E-state index in [0.717, 1.165) is 12.1 Å². The number of phenolic OH excluding ortho intramolecular Hbond substituents is 1. The third-order valence-corrected chi connectivity index (χ3v) is 6.14. The highest BCUT2D eigenvalue weighted by Gasteiger charge is 2.23. The number of halogens is 1. The maximum Gasteiger partial charge on any atom is 0.270 e. The number of nitro benzene ring substituents is 1. The van der Waals surface area contributed by atoms with Crippen LogP contribution >= 0.6 is 11.6 Å². The Bertz CT molecular complexity index is 1320. The van der Waals surface area contributed by atoms with Crippen molar-refractivity contribution in [3.8, 4) is 17.2 Å². The van der Waals surface area contributed by atoms with Crippen molar-refractivity contribution < 1.29 is 27.9 Å². The normalized spacial score (nSPS) is 11.3. The molecule has 0 heterocycles. The number of hydrogen-bond donors (Lipinski definition) is 3. The molecule has 0 radical (unpaired) electrons. The third-order valence-electron chi connectivity index (χ3n) is 4.46. The molecule has 0 saturated heterocycles. The largest absolute Gasteiger partial charge is 0.502 e. The van der Waals surface area contributed by atoms with Crippen LogP contribution in [0.5, 0.6) is 17.2 Å². The molecule has 0 aromatic heterocycles. The Labute approximate surface area is 199 Å². The van der Waals surface area contributed by atoms with E-state index in [1.165, 1.54) is 62.9 Å². The minimum absolute atomic E-state index is 0.0129. The summed E-state index contributed by atoms with van der Waals surface area (Å²) in [5.41, 5.74) is 2.83. The Morgan fingerprint density at radius 3 is 2.24 bits per heavy atom. The molecule has 0 aliphatic rings. The molecule has 13 heteroatoms. The number of ether oxygens (including phenoxy) is 2. The Morgan fingerprint density at radius 2 is 1.68 bits per heavy atom. The van der Waals surface area contributed by atoms with Crippen LogP contribution in [-0.4, -0.2) is 38.9 Å². The number of hydrogen-bond acceptors (Lipinski definition) is 9. The van der Waals surface area contributed by atoms with Crippen molar-refractivity contribution in [3.05, 3.63) is 75.3 Å². The zero-order chi connectivity index (χ0) is 24.9. The number of non-ortho nitro benzene ring substituents is 1. The third kappa shape index (κ3) is 5.66. The van der Waals surface area contributed by atoms with Crippen molar-refractivity contribution in [2.45, 2.75) is 4.90 Å². The summed E-state index contributed by atoms with van der Waals surface area (Å²) in [6, 6.07) is 12.2. The van der Waals surface area contributed by atoms with Crippen LogP contribution in [0.2, 0.25) is 5.02 Å². The molecule has 0 saturated carbocycles. The second-order valence-electron chi connectivity index (χ2n) is 6.69. The number of sulfonamides is 1. The van der Waals surface area contributed by atoms with Crippen molar-refractivity contribution in [2.75, 3.05) is 24.4 Å². The van der Waals surface area contributed by atoms with Crippen molar-refractivity contribution in [1.82, 2.24) is 0 Å². The van der Waals surface area contributed by atoms with Gasteiger partial charge in [-0.15, -0.1) is 0 Å². The standard InChI is InChI=1S/C21H19ClN4O7S/c1-32-18-9-13(10-19(33-2)21(18)27)12-23-24-17-8-7-16(26(28)29)11-20(17)34(30,31)25-15-5-3-14(22)4-6-15/h3-12,24-25,27H,1-2H3/b23-12-. The molecule has 0 bridgehead atoms. The number of aromatic hydroxyl groups is 1. The maximum atomic E-state index is 13.0. The SMILES string of the molecule is COc1cc(/C=N\Nc2ccc([N+](=O)[O-])cc2S(=O)(=O)Nc2ccc(Cl)cc2)cc(OC)c1O. The first-order valence-electron chi connectivity index (χ1n) is 9.45. The van der Waals surface area contributed by atoms with Gasteiger partial charge in [-0.3, -0.25) is 20.3 Å². The molecule has 178 valence electrons. The quantitative estimate of drug-likeness (QED) is 0.221. The first-order chi connectivity index (χ1) is 16.1. The van der Waals surface area contributed by atoms with Crippen LogP contribution in [0.3, 0.4) is 0 Å². The maximum absolute atomic E-state index is 13.0. The predicted octanol–water partition coefficient (Wildman–Crippen LogP) is 4.22. The summed E-state index contributed by atoms with van der Waals surface area (Å²) in [5, 5.41) is 25.6. The Morgan fingerprint density at radius 1 is 1.06 bits per heavy atom. The second-order valence-corrected chi connectivity index (χ2v) is 8.78. The lowest BCUT2D eigenvalue weighted by atomic mass is 10.2. The lowest BCUT2D eigenvalue weighted by Gasteiger charge is -2.12. The van der Waals surface area contributed by atoms with Gasteiger partial charge in [0, 0.05) is 28.4 Å². The molecule has 34 heavy (non-hydrogen) atoms. The summed E-state index contributed by atoms with van der Waals surface area (Å²) >= 11 is 5.83. The molecule has 3 N–H and O–H groups in total. The minimum atomic E-state index is -4.24. The minimum Gasteiger partial charge on any atom is -0.502 e. The molecule has 0 unspecified atom stereocenters. The molecule has 0 amide bonds. The number of nitrogens with one attached hydrogen (secondary N) is 2. The van der Waals surface area contributed by atoms with E-state index in [1.54, 1.807) is 0 Å². The van der Waals surface area contributed by atoms with Crippen LogP contribution in [0.4, 0.5) is 17.1 Å². The Hall–Kier alpha value is -4.03. The molecule has 0 fully saturated rings. The van der Waals surface area contributed by atoms with Crippen LogP contribution in [-0.2, 0) is 10.0 Å². The fourth-order valence-electron chi connectivity index (χ4n) is 2.83. The predicted molar refractivity (Wildman–Crippen MR) is 128 cm³/mol. The van der Waals surface area contributed by atoms with E-state index in [2.05, 4.69) is 15.2 Å². The zero-order valence-electron chi connectivity index (χ0n) is 17.9. The highest BCUT2D eigenvalue weighted by Crippen LogP contribution is 2.36. The molecule has 0 aliphatic carbocycles. The number of anilines is 2. The smallest absolute Gasteiger partial charge is 0.270 e. The van der Waals surface area contributed by atoms with Crippen LogP contribution in [0.15, 0.2) is 64.6 Å². The number of benzene rings is 3. The van der Waals surface area contributed by atoms with Crippen molar-refractivity contribution in [2.24, 2.45) is 5.10 Å². The molecule has 0 aliphatic heterocycles. The fraction of sp³-hybridized carbons (Fsp3) is 0.0952. The Balaban J connectivity index is 1.94. The van der Waals surface area contributed by atoms with E-state index in [4.69, 9.17) is 21.1 Å². The van der Waals surface area contributed by atoms with Crippen LogP contribution in [0, 0.1) is 10.1 Å². The van der Waals surface area contributed by atoms with Gasteiger partial charge in [-0.05, 0) is 42.5 Å². The van der Waals surface area contributed by atoms with E-state index in [-0.39, 0.29) is 28.6 Å². The van der Waals surface area contributed by atoms with E-state index < -0.39 is 25.5 Å². The summed E-state index contributed by atoms with van der Waals surface area (Å²) < 4.78 is 38.5. The van der Waals surface area contributed by atoms with E-state index in [9.17, 15) is 23.6 Å². The summed E-state index contributed by atoms with van der Waals surface area (Å²) in [6.07, 6.45) is 1.33.